The van der Waals surface area contributed by atoms with Gasteiger partial charge in [0, 0.05) is 30.1 Å². The van der Waals surface area contributed by atoms with Crippen molar-refractivity contribution in [3.05, 3.63) is 58.2 Å². The summed E-state index contributed by atoms with van der Waals surface area (Å²) in [6.07, 6.45) is -2.56. The van der Waals surface area contributed by atoms with Gasteiger partial charge in [0.05, 0.1) is 41.6 Å². The molecule has 3 aromatic rings. The van der Waals surface area contributed by atoms with Gasteiger partial charge in [-0.1, -0.05) is 0 Å². The number of ether oxygens (including phenoxy) is 1. The molecule has 0 aliphatic carbocycles. The van der Waals surface area contributed by atoms with Gasteiger partial charge in [-0.2, -0.15) is 17.5 Å². The first kappa shape index (κ1) is 26.8. The molecule has 1 aliphatic heterocycles. The van der Waals surface area contributed by atoms with E-state index in [-0.39, 0.29) is 24.8 Å². The van der Waals surface area contributed by atoms with Crippen LogP contribution in [0.2, 0.25) is 0 Å². The van der Waals surface area contributed by atoms with E-state index in [1.807, 2.05) is 0 Å². The van der Waals surface area contributed by atoms with Gasteiger partial charge in [0.15, 0.2) is 5.69 Å². The van der Waals surface area contributed by atoms with Gasteiger partial charge in [-0.15, -0.1) is 0 Å². The molecule has 37 heavy (non-hydrogen) atoms. The minimum absolute atomic E-state index is 0.0917. The summed E-state index contributed by atoms with van der Waals surface area (Å²) in [6, 6.07) is 3.19. The van der Waals surface area contributed by atoms with E-state index in [2.05, 4.69) is 24.6 Å². The first-order valence-corrected chi connectivity index (χ1v) is 12.1. The number of nitrogens with one attached hydrogen (secondary N) is 1. The summed E-state index contributed by atoms with van der Waals surface area (Å²) in [6.45, 7) is 2.36. The molecule has 1 unspecified atom stereocenters. The van der Waals surface area contributed by atoms with Gasteiger partial charge in [-0.3, -0.25) is 14.7 Å². The van der Waals surface area contributed by atoms with Crippen molar-refractivity contribution in [1.29, 1.82) is 0 Å². The number of hydrogen-bond acceptors (Lipinski definition) is 8. The zero-order valence-electron chi connectivity index (χ0n) is 19.6. The molecule has 4 rings (SSSR count). The van der Waals surface area contributed by atoms with Crippen molar-refractivity contribution in [2.75, 3.05) is 25.0 Å². The number of halogens is 5. The van der Waals surface area contributed by atoms with Crippen molar-refractivity contribution in [2.24, 2.45) is 0 Å². The molecule has 0 saturated carbocycles. The Kier molecular flexibility index (Phi) is 8.27. The second kappa shape index (κ2) is 11.4. The fourth-order valence-corrected chi connectivity index (χ4v) is 4.83. The molecule has 1 amide bonds. The molecule has 1 aliphatic rings. The Labute approximate surface area is 213 Å². The monoisotopic (exact) mass is 542 g/mol. The van der Waals surface area contributed by atoms with Gasteiger partial charge in [0.25, 0.3) is 12.3 Å². The predicted octanol–water partition coefficient (Wildman–Crippen LogP) is 4.61. The number of amides is 1. The number of aryl methyl sites for hydroxylation is 1. The average Bonchev–Trinajstić information content (AvgIpc) is 3.20. The lowest BCUT2D eigenvalue weighted by molar-refractivity contribution is -0.141. The Morgan fingerprint density at radius 3 is 2.68 bits per heavy atom. The molecule has 0 spiro atoms. The molecule has 0 bridgehead atoms. The summed E-state index contributed by atoms with van der Waals surface area (Å²) >= 11 is 1.06. The highest BCUT2D eigenvalue weighted by Crippen LogP contribution is 2.28. The van der Waals surface area contributed by atoms with Crippen LogP contribution in [0.3, 0.4) is 0 Å². The summed E-state index contributed by atoms with van der Waals surface area (Å²) in [4.78, 5) is 26.6. The average molecular weight is 543 g/mol. The van der Waals surface area contributed by atoms with Crippen LogP contribution in [-0.2, 0) is 12.6 Å². The molecule has 198 valence electrons. The molecular weight excluding hydrogens is 519 g/mol. The Morgan fingerprint density at radius 2 is 2.03 bits per heavy atom. The van der Waals surface area contributed by atoms with Crippen LogP contribution in [0.1, 0.15) is 45.2 Å². The van der Waals surface area contributed by atoms with Crippen LogP contribution in [0, 0.1) is 6.92 Å². The maximum absolute atomic E-state index is 13.0. The second-order valence-corrected chi connectivity index (χ2v) is 9.36. The number of hydrogen-bond donors (Lipinski definition) is 1. The lowest BCUT2D eigenvalue weighted by atomic mass is 10.1. The fourth-order valence-electron chi connectivity index (χ4n) is 3.94. The maximum Gasteiger partial charge on any atom is 0.434 e. The highest BCUT2D eigenvalue weighted by Gasteiger charge is 2.33. The first-order chi connectivity index (χ1) is 17.6. The molecule has 3 aromatic heterocycles. The topological polar surface area (TPSA) is 93.1 Å². The van der Waals surface area contributed by atoms with Gasteiger partial charge in [0.1, 0.15) is 6.10 Å². The summed E-state index contributed by atoms with van der Waals surface area (Å²) in [7, 11) is 0. The molecule has 1 N–H and O–H groups in total. The minimum Gasteiger partial charge on any atom is -0.473 e. The number of pyridine rings is 1. The molecule has 0 aromatic carbocycles. The number of carbonyl (C=O) groups is 1. The molecule has 1 atom stereocenters. The van der Waals surface area contributed by atoms with Crippen LogP contribution in [-0.4, -0.2) is 62.3 Å². The minimum atomic E-state index is -4.59. The Hall–Kier alpha value is -3.26. The van der Waals surface area contributed by atoms with Crippen LogP contribution in [0.4, 0.5) is 27.6 Å². The van der Waals surface area contributed by atoms with E-state index in [4.69, 9.17) is 4.74 Å². The number of carbonyl (C=O) groups excluding carboxylic acids is 1. The Morgan fingerprint density at radius 1 is 1.22 bits per heavy atom. The summed E-state index contributed by atoms with van der Waals surface area (Å²) in [5.74, 6) is -0.136. The lowest BCUT2D eigenvalue weighted by Gasteiger charge is -2.32. The van der Waals surface area contributed by atoms with Crippen molar-refractivity contribution < 1.29 is 31.5 Å². The predicted molar refractivity (Wildman–Crippen MR) is 125 cm³/mol. The molecule has 14 heteroatoms. The zero-order valence-corrected chi connectivity index (χ0v) is 20.5. The third-order valence-electron chi connectivity index (χ3n) is 5.64. The fraction of sp³-hybridized carbons (Fsp3) is 0.435. The quantitative estimate of drug-likeness (QED) is 0.416. The van der Waals surface area contributed by atoms with Gasteiger partial charge < -0.3 is 10.1 Å². The molecule has 4 heterocycles. The standard InChI is InChI=1S/C23H23F5N6O2S/c1-13-21(17(37-33-13)7-15-9-30-18(10-29-15)23(26,27)28)22(35)32-14-4-5-20(31-8-14)36-16-3-2-6-34(11-16)12-19(24)25/h4-5,8-10,16,19H,2-3,6-7,11-12H2,1H3,(H,32,35). The van der Waals surface area contributed by atoms with Crippen molar-refractivity contribution in [1.82, 2.24) is 24.2 Å². The van der Waals surface area contributed by atoms with Gasteiger partial charge in [-0.25, -0.2) is 18.7 Å². The van der Waals surface area contributed by atoms with Gasteiger partial charge in [-0.05, 0) is 43.9 Å². The summed E-state index contributed by atoms with van der Waals surface area (Å²) in [5.41, 5.74) is 0.336. The highest BCUT2D eigenvalue weighted by molar-refractivity contribution is 7.06. The van der Waals surface area contributed by atoms with Crippen LogP contribution in [0.25, 0.3) is 0 Å². The SMILES string of the molecule is Cc1nsc(Cc2cnc(C(F)(F)F)cn2)c1C(=O)Nc1ccc(OC2CCCN(CC(F)F)C2)nc1. The lowest BCUT2D eigenvalue weighted by Crippen LogP contribution is -2.43. The van der Waals surface area contributed by atoms with Crippen LogP contribution < -0.4 is 10.1 Å². The summed E-state index contributed by atoms with van der Waals surface area (Å²) < 4.78 is 73.5. The Balaban J connectivity index is 1.37. The Bertz CT molecular complexity index is 1200. The third kappa shape index (κ3) is 7.16. The summed E-state index contributed by atoms with van der Waals surface area (Å²) in [5, 5.41) is 2.73. The molecular formula is C23H23F5N6O2S. The van der Waals surface area contributed by atoms with Crippen LogP contribution >= 0.6 is 11.5 Å². The largest absolute Gasteiger partial charge is 0.473 e. The van der Waals surface area contributed by atoms with Crippen molar-refractivity contribution >= 4 is 23.1 Å². The van der Waals surface area contributed by atoms with Crippen molar-refractivity contribution in [3.8, 4) is 5.88 Å². The maximum atomic E-state index is 13.0. The van der Waals surface area contributed by atoms with E-state index in [1.54, 1.807) is 24.0 Å². The van der Waals surface area contributed by atoms with Gasteiger partial charge in [0.2, 0.25) is 5.88 Å². The van der Waals surface area contributed by atoms with Crippen molar-refractivity contribution in [2.45, 2.75) is 44.9 Å². The highest BCUT2D eigenvalue weighted by atomic mass is 32.1. The van der Waals surface area contributed by atoms with Gasteiger partial charge >= 0.3 is 6.18 Å². The van der Waals surface area contributed by atoms with E-state index in [0.717, 1.165) is 30.6 Å². The normalized spacial score (nSPS) is 16.7. The number of piperidine rings is 1. The van der Waals surface area contributed by atoms with E-state index in [1.165, 1.54) is 6.20 Å². The van der Waals surface area contributed by atoms with E-state index >= 15 is 0 Å². The van der Waals surface area contributed by atoms with Crippen LogP contribution in [0.15, 0.2) is 30.7 Å². The molecule has 0 radical (unpaired) electrons. The molecule has 1 saturated heterocycles. The number of likely N-dealkylation sites (tertiary alicyclic amines) is 1. The number of alkyl halides is 5. The van der Waals surface area contributed by atoms with E-state index < -0.39 is 24.2 Å². The number of anilines is 1. The number of nitrogens with zero attached hydrogens (tertiary/aromatic N) is 5. The van der Waals surface area contributed by atoms with Crippen molar-refractivity contribution in [3.63, 3.8) is 0 Å². The molecule has 1 fully saturated rings. The van der Waals surface area contributed by atoms with E-state index in [0.29, 0.717) is 47.0 Å². The van der Waals surface area contributed by atoms with E-state index in [9.17, 15) is 26.7 Å². The first-order valence-electron chi connectivity index (χ1n) is 11.4. The van der Waals surface area contributed by atoms with Crippen LogP contribution in [0.5, 0.6) is 5.88 Å². The smallest absolute Gasteiger partial charge is 0.434 e. The number of rotatable bonds is 8. The second-order valence-electron chi connectivity index (χ2n) is 8.51. The zero-order chi connectivity index (χ0) is 26.6. The third-order valence-corrected chi connectivity index (χ3v) is 6.57. The molecule has 8 nitrogen and oxygen atoms in total. The number of aromatic nitrogens is 4.